The predicted molar refractivity (Wildman–Crippen MR) is 109 cm³/mol. The van der Waals surface area contributed by atoms with Crippen LogP contribution in [-0.4, -0.2) is 12.1 Å². The first-order valence-corrected chi connectivity index (χ1v) is 9.40. The molecule has 4 heteroatoms. The van der Waals surface area contributed by atoms with Crippen molar-refractivity contribution in [3.63, 3.8) is 0 Å². The maximum absolute atomic E-state index is 6.05. The van der Waals surface area contributed by atoms with Gasteiger partial charge in [0.15, 0.2) is 0 Å². The summed E-state index contributed by atoms with van der Waals surface area (Å²) in [6, 6.07) is 26.3. The molecule has 3 aromatic carbocycles. The van der Waals surface area contributed by atoms with Gasteiger partial charge in [0.1, 0.15) is 5.75 Å². The highest BCUT2D eigenvalue weighted by Gasteiger charge is 2.11. The molecule has 0 aliphatic heterocycles. The lowest BCUT2D eigenvalue weighted by molar-refractivity contribution is 0.414. The largest absolute Gasteiger partial charge is 0.497 e. The number of pyridine rings is 1. The molecule has 0 atom stereocenters. The van der Waals surface area contributed by atoms with Crippen molar-refractivity contribution in [2.24, 2.45) is 0 Å². The number of hydrogen-bond acceptors (Lipinski definition) is 3. The van der Waals surface area contributed by atoms with E-state index in [0.717, 1.165) is 42.7 Å². The number of fused-ring (bicyclic) bond motifs is 1. The van der Waals surface area contributed by atoms with Crippen molar-refractivity contribution in [1.82, 2.24) is 4.98 Å². The number of benzene rings is 3. The normalized spacial score (nSPS) is 10.8. The Kier molecular flexibility index (Phi) is 4.83. The van der Waals surface area contributed by atoms with Crippen molar-refractivity contribution in [3.8, 4) is 17.0 Å². The summed E-state index contributed by atoms with van der Waals surface area (Å²) in [6.07, 6.45) is 0. The molecule has 0 aliphatic carbocycles. The molecule has 0 radical (unpaired) electrons. The monoisotopic (exact) mass is 377 g/mol. The van der Waals surface area contributed by atoms with Crippen LogP contribution in [0.3, 0.4) is 0 Å². The van der Waals surface area contributed by atoms with Crippen molar-refractivity contribution in [3.05, 3.63) is 83.9 Å². The van der Waals surface area contributed by atoms with Gasteiger partial charge < -0.3 is 4.74 Å². The average Bonchev–Trinajstić information content (AvgIpc) is 2.69. The van der Waals surface area contributed by atoms with Gasteiger partial charge in [-0.3, -0.25) is 0 Å². The van der Waals surface area contributed by atoms with Crippen LogP contribution in [0.5, 0.6) is 5.75 Å². The Labute approximate surface area is 161 Å². The van der Waals surface area contributed by atoms with E-state index in [9.17, 15) is 0 Å². The van der Waals surface area contributed by atoms with Gasteiger partial charge in [0.2, 0.25) is 0 Å². The zero-order chi connectivity index (χ0) is 17.9. The Morgan fingerprint density at radius 2 is 1.62 bits per heavy atom. The maximum atomic E-state index is 6.05. The van der Waals surface area contributed by atoms with E-state index in [2.05, 4.69) is 24.3 Å². The van der Waals surface area contributed by atoms with E-state index in [1.54, 1.807) is 18.9 Å². The molecule has 0 saturated heterocycles. The lowest BCUT2D eigenvalue weighted by atomic mass is 10.1. The third-order valence-corrected chi connectivity index (χ3v) is 5.38. The number of methoxy groups -OCH3 is 1. The first-order chi connectivity index (χ1) is 12.7. The zero-order valence-electron chi connectivity index (χ0n) is 14.1. The molecule has 0 amide bonds. The van der Waals surface area contributed by atoms with Crippen LogP contribution in [0.4, 0.5) is 0 Å². The van der Waals surface area contributed by atoms with Crippen LogP contribution in [0.25, 0.3) is 22.2 Å². The second-order valence-electron chi connectivity index (χ2n) is 5.81. The summed E-state index contributed by atoms with van der Waals surface area (Å²) in [5.74, 6) is 0.851. The maximum Gasteiger partial charge on any atom is 0.118 e. The summed E-state index contributed by atoms with van der Waals surface area (Å²) in [7, 11) is 1.67. The van der Waals surface area contributed by atoms with Crippen molar-refractivity contribution in [1.29, 1.82) is 0 Å². The van der Waals surface area contributed by atoms with Crippen LogP contribution in [-0.2, 0) is 0 Å². The Morgan fingerprint density at radius 1 is 0.885 bits per heavy atom. The molecule has 0 fully saturated rings. The van der Waals surface area contributed by atoms with Crippen LogP contribution >= 0.6 is 23.4 Å². The molecule has 26 heavy (non-hydrogen) atoms. The molecule has 0 saturated carbocycles. The molecular formula is C22H16ClNOS. The van der Waals surface area contributed by atoms with E-state index in [1.165, 1.54) is 0 Å². The molecular weight excluding hydrogens is 362 g/mol. The molecule has 1 heterocycles. The Balaban J connectivity index is 1.82. The second-order valence-corrected chi connectivity index (χ2v) is 7.36. The quantitative estimate of drug-likeness (QED) is 0.394. The predicted octanol–water partition coefficient (Wildman–Crippen LogP) is 6.72. The second kappa shape index (κ2) is 7.40. The number of aromatic nitrogens is 1. The van der Waals surface area contributed by atoms with Crippen LogP contribution in [0, 0.1) is 0 Å². The average molecular weight is 378 g/mol. The van der Waals surface area contributed by atoms with Crippen LogP contribution in [0.1, 0.15) is 0 Å². The first-order valence-electron chi connectivity index (χ1n) is 8.20. The molecule has 0 aliphatic rings. The highest BCUT2D eigenvalue weighted by atomic mass is 35.5. The highest BCUT2D eigenvalue weighted by molar-refractivity contribution is 7.99. The van der Waals surface area contributed by atoms with Crippen molar-refractivity contribution in [2.75, 3.05) is 7.11 Å². The van der Waals surface area contributed by atoms with Gasteiger partial charge in [-0.15, -0.1) is 0 Å². The Bertz CT molecular complexity index is 1050. The Hall–Kier alpha value is -2.49. The zero-order valence-corrected chi connectivity index (χ0v) is 15.7. The molecule has 0 bridgehead atoms. The fourth-order valence-electron chi connectivity index (χ4n) is 2.76. The molecule has 0 spiro atoms. The summed E-state index contributed by atoms with van der Waals surface area (Å²) >= 11 is 7.75. The molecule has 0 N–H and O–H groups in total. The lowest BCUT2D eigenvalue weighted by Gasteiger charge is -2.11. The lowest BCUT2D eigenvalue weighted by Crippen LogP contribution is -1.90. The summed E-state index contributed by atoms with van der Waals surface area (Å²) in [5, 5.41) is 1.85. The number of nitrogens with zero attached hydrogens (tertiary/aromatic N) is 1. The molecule has 1 aromatic heterocycles. The van der Waals surface area contributed by atoms with Crippen LogP contribution in [0.15, 0.2) is 88.7 Å². The molecule has 2 nitrogen and oxygen atoms in total. The minimum atomic E-state index is 0.721. The van der Waals surface area contributed by atoms with E-state index < -0.39 is 0 Å². The van der Waals surface area contributed by atoms with Gasteiger partial charge in [-0.1, -0.05) is 53.7 Å². The van der Waals surface area contributed by atoms with Crippen LogP contribution in [0.2, 0.25) is 5.02 Å². The topological polar surface area (TPSA) is 22.1 Å². The highest BCUT2D eigenvalue weighted by Crippen LogP contribution is 2.37. The van der Waals surface area contributed by atoms with Gasteiger partial charge in [-0.05, 0) is 48.5 Å². The summed E-state index contributed by atoms with van der Waals surface area (Å²) in [6.45, 7) is 0. The third-order valence-electron chi connectivity index (χ3n) is 4.09. The van der Waals surface area contributed by atoms with Crippen molar-refractivity contribution in [2.45, 2.75) is 9.79 Å². The van der Waals surface area contributed by atoms with E-state index in [1.807, 2.05) is 54.6 Å². The minimum Gasteiger partial charge on any atom is -0.497 e. The van der Waals surface area contributed by atoms with Gasteiger partial charge in [-0.2, -0.15) is 0 Å². The van der Waals surface area contributed by atoms with Gasteiger partial charge in [0.25, 0.3) is 0 Å². The van der Waals surface area contributed by atoms with Crippen molar-refractivity contribution >= 4 is 34.3 Å². The minimum absolute atomic E-state index is 0.721. The smallest absolute Gasteiger partial charge is 0.118 e. The fraction of sp³-hybridized carbons (Fsp3) is 0.0455. The van der Waals surface area contributed by atoms with E-state index in [4.69, 9.17) is 21.3 Å². The number of ether oxygens (including phenoxy) is 1. The Morgan fingerprint density at radius 3 is 2.35 bits per heavy atom. The third kappa shape index (κ3) is 3.55. The van der Waals surface area contributed by atoms with Gasteiger partial charge in [-0.25, -0.2) is 4.98 Å². The van der Waals surface area contributed by atoms with Crippen LogP contribution < -0.4 is 4.74 Å². The number of rotatable bonds is 4. The molecule has 128 valence electrons. The van der Waals surface area contributed by atoms with Gasteiger partial charge in [0.05, 0.1) is 18.3 Å². The number of hydrogen-bond donors (Lipinski definition) is 0. The summed E-state index contributed by atoms with van der Waals surface area (Å²) in [5.41, 5.74) is 2.99. The van der Waals surface area contributed by atoms with E-state index in [-0.39, 0.29) is 0 Å². The molecule has 4 rings (SSSR count). The summed E-state index contributed by atoms with van der Waals surface area (Å²) in [4.78, 5) is 7.16. The van der Waals surface area contributed by atoms with E-state index in [0.29, 0.717) is 0 Å². The van der Waals surface area contributed by atoms with E-state index >= 15 is 0 Å². The molecule has 0 unspecified atom stereocenters. The SMILES string of the molecule is COc1ccc(Sc2cc3ccccc3nc2-c2ccc(Cl)cc2)cc1. The number of halogens is 1. The van der Waals surface area contributed by atoms with Crippen molar-refractivity contribution < 1.29 is 4.74 Å². The summed E-state index contributed by atoms with van der Waals surface area (Å²) < 4.78 is 5.25. The molecule has 4 aromatic rings. The first kappa shape index (κ1) is 17.0. The number of para-hydroxylation sites is 1. The van der Waals surface area contributed by atoms with Gasteiger partial charge in [0, 0.05) is 25.8 Å². The standard InChI is InChI=1S/C22H16ClNOS/c1-25-18-10-12-19(13-11-18)26-21-14-16-4-2-3-5-20(16)24-22(21)15-6-8-17(23)9-7-15/h2-14H,1H3. The van der Waals surface area contributed by atoms with Gasteiger partial charge >= 0.3 is 0 Å². The fourth-order valence-corrected chi connectivity index (χ4v) is 3.86.